The summed E-state index contributed by atoms with van der Waals surface area (Å²) in [4.78, 5) is 4.50. The van der Waals surface area contributed by atoms with Crippen LogP contribution in [-0.4, -0.2) is 31.3 Å². The molecule has 0 saturated heterocycles. The van der Waals surface area contributed by atoms with Crippen LogP contribution < -0.4 is 10.5 Å². The number of aromatic nitrogens is 1. The number of nitrogens with two attached hydrogens (primary N) is 1. The number of rotatable bonds is 5. The molecule has 0 spiro atoms. The summed E-state index contributed by atoms with van der Waals surface area (Å²) < 4.78 is 10.7. The Bertz CT molecular complexity index is 528. The first kappa shape index (κ1) is 12.8. The predicted octanol–water partition coefficient (Wildman–Crippen LogP) is 1.90. The summed E-state index contributed by atoms with van der Waals surface area (Å²) in [7, 11) is 1.63. The first-order valence-electron chi connectivity index (χ1n) is 5.94. The summed E-state index contributed by atoms with van der Waals surface area (Å²) >= 11 is 0. The highest BCUT2D eigenvalue weighted by Gasteiger charge is 2.07. The number of methoxy groups -OCH3 is 1. The number of nitrogens with zero attached hydrogens (tertiary/aromatic N) is 1. The fourth-order valence-electron chi connectivity index (χ4n) is 1.79. The Hall–Kier alpha value is -1.65. The zero-order valence-corrected chi connectivity index (χ0v) is 10.7. The number of pyridine rings is 1. The lowest BCUT2D eigenvalue weighted by Gasteiger charge is -2.13. The third kappa shape index (κ3) is 2.97. The van der Waals surface area contributed by atoms with E-state index in [1.54, 1.807) is 7.11 Å². The van der Waals surface area contributed by atoms with E-state index in [1.807, 2.05) is 37.3 Å². The van der Waals surface area contributed by atoms with Gasteiger partial charge in [0.15, 0.2) is 0 Å². The first-order valence-corrected chi connectivity index (χ1v) is 5.94. The van der Waals surface area contributed by atoms with Gasteiger partial charge in [-0.2, -0.15) is 0 Å². The second-order valence-electron chi connectivity index (χ2n) is 4.31. The molecule has 1 aromatic heterocycles. The molecular weight excluding hydrogens is 228 g/mol. The average Bonchev–Trinajstić information content (AvgIpc) is 2.36. The number of hydrogen-bond donors (Lipinski definition) is 1. The van der Waals surface area contributed by atoms with Crippen molar-refractivity contribution in [3.63, 3.8) is 0 Å². The summed E-state index contributed by atoms with van der Waals surface area (Å²) in [6, 6.07) is 9.78. The molecule has 2 aromatic rings. The monoisotopic (exact) mass is 246 g/mol. The number of aryl methyl sites for hydroxylation is 1. The molecule has 2 rings (SSSR count). The summed E-state index contributed by atoms with van der Waals surface area (Å²) in [6.45, 7) is 2.87. The molecule has 0 aliphatic rings. The van der Waals surface area contributed by atoms with Gasteiger partial charge in [0, 0.05) is 18.2 Å². The van der Waals surface area contributed by atoms with Gasteiger partial charge < -0.3 is 15.2 Å². The minimum Gasteiger partial charge on any atom is -0.490 e. The van der Waals surface area contributed by atoms with Crippen molar-refractivity contribution in [2.24, 2.45) is 5.73 Å². The molecule has 0 bridgehead atoms. The van der Waals surface area contributed by atoms with E-state index in [-0.39, 0.29) is 6.04 Å². The van der Waals surface area contributed by atoms with E-state index in [4.69, 9.17) is 15.2 Å². The van der Waals surface area contributed by atoms with Crippen LogP contribution >= 0.6 is 0 Å². The van der Waals surface area contributed by atoms with Crippen molar-refractivity contribution >= 4 is 10.9 Å². The van der Waals surface area contributed by atoms with Crippen molar-refractivity contribution in [1.29, 1.82) is 0 Å². The van der Waals surface area contributed by atoms with E-state index in [1.165, 1.54) is 0 Å². The van der Waals surface area contributed by atoms with Crippen LogP contribution in [0.1, 0.15) is 5.69 Å². The summed E-state index contributed by atoms with van der Waals surface area (Å²) in [5, 5.41) is 1.07. The summed E-state index contributed by atoms with van der Waals surface area (Å²) in [5.74, 6) is 0.766. The third-order valence-electron chi connectivity index (χ3n) is 2.66. The van der Waals surface area contributed by atoms with Crippen molar-refractivity contribution < 1.29 is 9.47 Å². The molecule has 4 nitrogen and oxygen atoms in total. The number of benzene rings is 1. The van der Waals surface area contributed by atoms with E-state index in [2.05, 4.69) is 4.98 Å². The van der Waals surface area contributed by atoms with Gasteiger partial charge in [0.1, 0.15) is 17.9 Å². The standard InChI is InChI=1S/C14H18N2O2/c1-10-6-7-11-4-3-5-13(14(11)16-10)18-9-12(15)8-17-2/h3-7,12H,8-9,15H2,1-2H3. The first-order chi connectivity index (χ1) is 8.70. The van der Waals surface area contributed by atoms with Crippen LogP contribution in [0.2, 0.25) is 0 Å². The van der Waals surface area contributed by atoms with Gasteiger partial charge in [-0.1, -0.05) is 18.2 Å². The highest BCUT2D eigenvalue weighted by Crippen LogP contribution is 2.23. The van der Waals surface area contributed by atoms with Gasteiger partial charge in [0.05, 0.1) is 12.6 Å². The minimum absolute atomic E-state index is 0.130. The molecule has 1 atom stereocenters. The fraction of sp³-hybridized carbons (Fsp3) is 0.357. The SMILES string of the molecule is COCC(N)COc1cccc2ccc(C)nc12. The number of fused-ring (bicyclic) bond motifs is 1. The largest absolute Gasteiger partial charge is 0.490 e. The molecule has 0 fully saturated rings. The third-order valence-corrected chi connectivity index (χ3v) is 2.66. The van der Waals surface area contributed by atoms with E-state index >= 15 is 0 Å². The molecule has 0 aliphatic carbocycles. The molecular formula is C14H18N2O2. The molecule has 1 heterocycles. The second kappa shape index (κ2) is 5.80. The second-order valence-corrected chi connectivity index (χ2v) is 4.31. The fourth-order valence-corrected chi connectivity index (χ4v) is 1.79. The molecule has 18 heavy (non-hydrogen) atoms. The molecule has 0 radical (unpaired) electrons. The van der Waals surface area contributed by atoms with Gasteiger partial charge in [0.2, 0.25) is 0 Å². The Morgan fingerprint density at radius 2 is 2.06 bits per heavy atom. The van der Waals surface area contributed by atoms with Gasteiger partial charge in [-0.05, 0) is 19.1 Å². The molecule has 96 valence electrons. The maximum atomic E-state index is 5.84. The minimum atomic E-state index is -0.130. The maximum absolute atomic E-state index is 5.84. The van der Waals surface area contributed by atoms with Crippen molar-refractivity contribution in [3.8, 4) is 5.75 Å². The van der Waals surface area contributed by atoms with Crippen molar-refractivity contribution in [2.75, 3.05) is 20.3 Å². The van der Waals surface area contributed by atoms with Gasteiger partial charge in [0.25, 0.3) is 0 Å². The van der Waals surface area contributed by atoms with Crippen LogP contribution in [-0.2, 0) is 4.74 Å². The molecule has 2 N–H and O–H groups in total. The van der Waals surface area contributed by atoms with Gasteiger partial charge in [-0.3, -0.25) is 0 Å². The Balaban J connectivity index is 2.19. The van der Waals surface area contributed by atoms with Crippen LogP contribution in [0.3, 0.4) is 0 Å². The normalized spacial score (nSPS) is 12.6. The Morgan fingerprint density at radius 3 is 2.83 bits per heavy atom. The number of hydrogen-bond acceptors (Lipinski definition) is 4. The Morgan fingerprint density at radius 1 is 1.22 bits per heavy atom. The van der Waals surface area contributed by atoms with Gasteiger partial charge in [-0.15, -0.1) is 0 Å². The highest BCUT2D eigenvalue weighted by atomic mass is 16.5. The summed E-state index contributed by atoms with van der Waals surface area (Å²) in [6.07, 6.45) is 0. The molecule has 0 amide bonds. The quantitative estimate of drug-likeness (QED) is 0.875. The van der Waals surface area contributed by atoms with Crippen molar-refractivity contribution in [1.82, 2.24) is 4.98 Å². The molecule has 0 aliphatic heterocycles. The Kier molecular flexibility index (Phi) is 4.12. The lowest BCUT2D eigenvalue weighted by atomic mass is 10.2. The van der Waals surface area contributed by atoms with Crippen molar-refractivity contribution in [2.45, 2.75) is 13.0 Å². The predicted molar refractivity (Wildman–Crippen MR) is 71.8 cm³/mol. The maximum Gasteiger partial charge on any atom is 0.145 e. The topological polar surface area (TPSA) is 57.4 Å². The van der Waals surface area contributed by atoms with Crippen LogP contribution in [0.15, 0.2) is 30.3 Å². The van der Waals surface area contributed by atoms with Gasteiger partial charge in [-0.25, -0.2) is 4.98 Å². The lowest BCUT2D eigenvalue weighted by Crippen LogP contribution is -2.32. The van der Waals surface area contributed by atoms with Crippen LogP contribution in [0.5, 0.6) is 5.75 Å². The van der Waals surface area contributed by atoms with Crippen LogP contribution in [0.25, 0.3) is 10.9 Å². The molecule has 1 aromatic carbocycles. The summed E-state index contributed by atoms with van der Waals surface area (Å²) in [5.41, 5.74) is 7.68. The van der Waals surface area contributed by atoms with E-state index in [0.717, 1.165) is 22.3 Å². The van der Waals surface area contributed by atoms with Gasteiger partial charge >= 0.3 is 0 Å². The van der Waals surface area contributed by atoms with Crippen LogP contribution in [0, 0.1) is 6.92 Å². The number of ether oxygens (including phenoxy) is 2. The average molecular weight is 246 g/mol. The Labute approximate surface area is 107 Å². The molecule has 0 saturated carbocycles. The van der Waals surface area contributed by atoms with E-state index in [0.29, 0.717) is 13.2 Å². The lowest BCUT2D eigenvalue weighted by molar-refractivity contribution is 0.153. The highest BCUT2D eigenvalue weighted by molar-refractivity contribution is 5.84. The van der Waals surface area contributed by atoms with Crippen molar-refractivity contribution in [3.05, 3.63) is 36.0 Å². The number of para-hydroxylation sites is 1. The smallest absolute Gasteiger partial charge is 0.145 e. The zero-order chi connectivity index (χ0) is 13.0. The molecule has 1 unspecified atom stereocenters. The van der Waals surface area contributed by atoms with E-state index in [9.17, 15) is 0 Å². The zero-order valence-electron chi connectivity index (χ0n) is 10.7. The van der Waals surface area contributed by atoms with Crippen LogP contribution in [0.4, 0.5) is 0 Å². The molecule has 4 heteroatoms. The van der Waals surface area contributed by atoms with E-state index < -0.39 is 0 Å².